The Balaban J connectivity index is 2.22. The molecule has 5 nitrogen and oxygen atoms in total. The van der Waals surface area contributed by atoms with E-state index in [-0.39, 0.29) is 5.78 Å². The summed E-state index contributed by atoms with van der Waals surface area (Å²) < 4.78 is 0. The average Bonchev–Trinajstić information content (AvgIpc) is 2.93. The van der Waals surface area contributed by atoms with Crippen LogP contribution in [0.2, 0.25) is 0 Å². The van der Waals surface area contributed by atoms with Gasteiger partial charge in [0.1, 0.15) is 0 Å². The maximum atomic E-state index is 12.5. The highest BCUT2D eigenvalue weighted by Crippen LogP contribution is 2.21. The number of hydrogen-bond donors (Lipinski definition) is 2. The van der Waals surface area contributed by atoms with E-state index < -0.39 is 17.9 Å². The molecule has 1 fully saturated rings. The number of likely N-dealkylation sites (tertiary alicyclic amines) is 1. The molecular weight excluding hydrogens is 244 g/mol. The van der Waals surface area contributed by atoms with Crippen LogP contribution in [0.15, 0.2) is 18.3 Å². The number of ketones is 1. The molecule has 1 aliphatic heterocycles. The number of nitrogens with one attached hydrogen (secondary N) is 1. The van der Waals surface area contributed by atoms with Gasteiger partial charge in [0.25, 0.3) is 0 Å². The molecule has 1 aliphatic rings. The summed E-state index contributed by atoms with van der Waals surface area (Å²) in [5.74, 6) is -1.74. The van der Waals surface area contributed by atoms with Crippen LogP contribution in [0.25, 0.3) is 0 Å². The van der Waals surface area contributed by atoms with E-state index in [9.17, 15) is 14.7 Å². The van der Waals surface area contributed by atoms with Crippen molar-refractivity contribution < 1.29 is 14.7 Å². The number of carboxylic acid groups (broad SMARTS) is 1. The van der Waals surface area contributed by atoms with E-state index in [4.69, 9.17) is 0 Å². The molecule has 2 unspecified atom stereocenters. The van der Waals surface area contributed by atoms with Crippen LogP contribution in [-0.4, -0.2) is 45.9 Å². The van der Waals surface area contributed by atoms with E-state index in [2.05, 4.69) is 4.98 Å². The molecule has 0 radical (unpaired) electrons. The largest absolute Gasteiger partial charge is 0.481 e. The molecule has 2 heterocycles. The van der Waals surface area contributed by atoms with Crippen LogP contribution in [-0.2, 0) is 4.79 Å². The SMILES string of the molecule is CC(C(=O)O)C(C(=O)c1ccc[nH]1)N1CCCCC1. The van der Waals surface area contributed by atoms with Crippen LogP contribution in [0.3, 0.4) is 0 Å². The monoisotopic (exact) mass is 264 g/mol. The Morgan fingerprint density at radius 1 is 1.32 bits per heavy atom. The molecule has 1 aromatic rings. The number of H-pyrrole nitrogens is 1. The molecule has 1 aromatic heterocycles. The first-order valence-corrected chi connectivity index (χ1v) is 6.75. The fourth-order valence-electron chi connectivity index (χ4n) is 2.68. The highest BCUT2D eigenvalue weighted by atomic mass is 16.4. The smallest absolute Gasteiger partial charge is 0.308 e. The first kappa shape index (κ1) is 13.8. The van der Waals surface area contributed by atoms with Crippen molar-refractivity contribution in [1.82, 2.24) is 9.88 Å². The van der Waals surface area contributed by atoms with Crippen LogP contribution in [0.5, 0.6) is 0 Å². The van der Waals surface area contributed by atoms with Crippen molar-refractivity contribution in [2.75, 3.05) is 13.1 Å². The van der Waals surface area contributed by atoms with Crippen LogP contribution in [0, 0.1) is 5.92 Å². The summed E-state index contributed by atoms with van der Waals surface area (Å²) in [6.45, 7) is 3.21. The number of Topliss-reactive ketones (excluding diaryl/α,β-unsaturated/α-hetero) is 1. The molecule has 19 heavy (non-hydrogen) atoms. The third-order valence-electron chi connectivity index (χ3n) is 3.78. The van der Waals surface area contributed by atoms with Crippen molar-refractivity contribution in [1.29, 1.82) is 0 Å². The van der Waals surface area contributed by atoms with Crippen molar-refractivity contribution >= 4 is 11.8 Å². The number of hydrogen-bond acceptors (Lipinski definition) is 3. The number of rotatable bonds is 5. The van der Waals surface area contributed by atoms with Crippen molar-refractivity contribution in [3.05, 3.63) is 24.0 Å². The lowest BCUT2D eigenvalue weighted by molar-refractivity contribution is -0.143. The normalized spacial score (nSPS) is 19.8. The minimum atomic E-state index is -0.921. The van der Waals surface area contributed by atoms with Gasteiger partial charge in [0, 0.05) is 6.20 Å². The number of piperidine rings is 1. The molecule has 0 aliphatic carbocycles. The van der Waals surface area contributed by atoms with Gasteiger partial charge in [0.05, 0.1) is 17.7 Å². The summed E-state index contributed by atoms with van der Waals surface area (Å²) in [5.41, 5.74) is 0.490. The Kier molecular flexibility index (Phi) is 4.37. The minimum absolute atomic E-state index is 0.123. The molecule has 0 saturated carbocycles. The minimum Gasteiger partial charge on any atom is -0.481 e. The Bertz CT molecular complexity index is 436. The number of carboxylic acids is 1. The number of aliphatic carboxylic acids is 1. The van der Waals surface area contributed by atoms with E-state index >= 15 is 0 Å². The molecule has 0 bridgehead atoms. The number of aromatic amines is 1. The van der Waals surface area contributed by atoms with Gasteiger partial charge < -0.3 is 10.1 Å². The van der Waals surface area contributed by atoms with Gasteiger partial charge in [-0.25, -0.2) is 0 Å². The number of aromatic nitrogens is 1. The molecule has 0 aromatic carbocycles. The number of carbonyl (C=O) groups is 2. The molecule has 2 atom stereocenters. The number of carbonyl (C=O) groups excluding carboxylic acids is 1. The zero-order chi connectivity index (χ0) is 13.8. The maximum Gasteiger partial charge on any atom is 0.308 e. The molecule has 104 valence electrons. The summed E-state index contributed by atoms with van der Waals surface area (Å²) >= 11 is 0. The lowest BCUT2D eigenvalue weighted by Crippen LogP contribution is -2.49. The van der Waals surface area contributed by atoms with Crippen LogP contribution < -0.4 is 0 Å². The molecular formula is C14H20N2O3. The zero-order valence-electron chi connectivity index (χ0n) is 11.1. The lowest BCUT2D eigenvalue weighted by Gasteiger charge is -2.35. The highest BCUT2D eigenvalue weighted by molar-refractivity contribution is 6.00. The Labute approximate surface area is 112 Å². The topological polar surface area (TPSA) is 73.4 Å². The first-order valence-electron chi connectivity index (χ1n) is 6.75. The fourth-order valence-corrected chi connectivity index (χ4v) is 2.68. The third-order valence-corrected chi connectivity index (χ3v) is 3.78. The van der Waals surface area contributed by atoms with E-state index in [0.29, 0.717) is 5.69 Å². The second-order valence-electron chi connectivity index (χ2n) is 5.12. The quantitative estimate of drug-likeness (QED) is 0.795. The van der Waals surface area contributed by atoms with Gasteiger partial charge >= 0.3 is 5.97 Å². The second-order valence-corrected chi connectivity index (χ2v) is 5.12. The zero-order valence-corrected chi connectivity index (χ0v) is 11.1. The first-order chi connectivity index (χ1) is 9.11. The molecule has 0 spiro atoms. The predicted octanol–water partition coefficient (Wildman–Crippen LogP) is 1.77. The van der Waals surface area contributed by atoms with Crippen molar-refractivity contribution in [2.45, 2.75) is 32.2 Å². The van der Waals surface area contributed by atoms with E-state index in [1.807, 2.05) is 4.90 Å². The Morgan fingerprint density at radius 3 is 2.53 bits per heavy atom. The predicted molar refractivity (Wildman–Crippen MR) is 71.1 cm³/mol. The van der Waals surface area contributed by atoms with Gasteiger partial charge in [-0.05, 0) is 45.0 Å². The van der Waals surface area contributed by atoms with E-state index in [1.165, 1.54) is 0 Å². The van der Waals surface area contributed by atoms with E-state index in [0.717, 1.165) is 32.4 Å². The summed E-state index contributed by atoms with van der Waals surface area (Å²) in [5, 5.41) is 9.24. The third kappa shape index (κ3) is 3.04. The number of nitrogens with zero attached hydrogens (tertiary/aromatic N) is 1. The van der Waals surface area contributed by atoms with Gasteiger partial charge in [-0.3, -0.25) is 14.5 Å². The Morgan fingerprint density at radius 2 is 2.00 bits per heavy atom. The molecule has 0 amide bonds. The van der Waals surface area contributed by atoms with Gasteiger partial charge in [-0.1, -0.05) is 6.42 Å². The standard InChI is InChI=1S/C14H20N2O3/c1-10(14(18)19)12(16-8-3-2-4-9-16)13(17)11-6-5-7-15-11/h5-7,10,12,15H,2-4,8-9H2,1H3,(H,18,19). The molecule has 2 rings (SSSR count). The van der Waals surface area contributed by atoms with Crippen LogP contribution in [0.4, 0.5) is 0 Å². The summed E-state index contributed by atoms with van der Waals surface area (Å²) in [4.78, 5) is 28.7. The summed E-state index contributed by atoms with van der Waals surface area (Å²) in [7, 11) is 0. The van der Waals surface area contributed by atoms with E-state index in [1.54, 1.807) is 25.3 Å². The summed E-state index contributed by atoms with van der Waals surface area (Å²) in [6, 6.07) is 2.89. The molecule has 5 heteroatoms. The van der Waals surface area contributed by atoms with Gasteiger partial charge in [0.15, 0.2) is 5.78 Å². The van der Waals surface area contributed by atoms with Crippen molar-refractivity contribution in [3.63, 3.8) is 0 Å². The second kappa shape index (κ2) is 6.02. The van der Waals surface area contributed by atoms with Crippen LogP contribution >= 0.6 is 0 Å². The molecule has 1 saturated heterocycles. The van der Waals surface area contributed by atoms with Gasteiger partial charge in [0.2, 0.25) is 0 Å². The Hall–Kier alpha value is -1.62. The van der Waals surface area contributed by atoms with Crippen molar-refractivity contribution in [3.8, 4) is 0 Å². The van der Waals surface area contributed by atoms with Crippen molar-refractivity contribution in [2.24, 2.45) is 5.92 Å². The fraction of sp³-hybridized carbons (Fsp3) is 0.571. The van der Waals surface area contributed by atoms with Gasteiger partial charge in [-0.15, -0.1) is 0 Å². The molecule has 2 N–H and O–H groups in total. The summed E-state index contributed by atoms with van der Waals surface area (Å²) in [6.07, 6.45) is 4.90. The average molecular weight is 264 g/mol. The maximum absolute atomic E-state index is 12.5. The van der Waals surface area contributed by atoms with Gasteiger partial charge in [-0.2, -0.15) is 0 Å². The lowest BCUT2D eigenvalue weighted by atomic mass is 9.92. The van der Waals surface area contributed by atoms with Crippen LogP contribution in [0.1, 0.15) is 36.7 Å². The highest BCUT2D eigenvalue weighted by Gasteiger charge is 2.36.